The number of carbonyl (C=O) groups is 3. The Labute approximate surface area is 161 Å². The monoisotopic (exact) mass is 370 g/mol. The predicted octanol–water partition coefficient (Wildman–Crippen LogP) is 2.83. The highest BCUT2D eigenvalue weighted by atomic mass is 16.2. The maximum atomic E-state index is 12.7. The molecule has 0 saturated carbocycles. The molecule has 0 bridgehead atoms. The first-order chi connectivity index (χ1) is 13.1. The van der Waals surface area contributed by atoms with Crippen LogP contribution in [0.1, 0.15) is 50.5 Å². The third-order valence-corrected chi connectivity index (χ3v) is 5.73. The maximum Gasteiger partial charge on any atom is 0.242 e. The number of aryl methyl sites for hydroxylation is 1. The molecule has 3 rings (SSSR count). The Kier molecular flexibility index (Phi) is 7.02. The zero-order valence-electron chi connectivity index (χ0n) is 16.1. The van der Waals surface area contributed by atoms with Crippen LogP contribution in [0.15, 0.2) is 30.3 Å². The maximum absolute atomic E-state index is 12.7. The zero-order valence-corrected chi connectivity index (χ0v) is 16.1. The molecule has 5 nitrogen and oxygen atoms in total. The van der Waals surface area contributed by atoms with Gasteiger partial charge in [-0.25, -0.2) is 0 Å². The van der Waals surface area contributed by atoms with Crippen LogP contribution in [0.4, 0.5) is 0 Å². The van der Waals surface area contributed by atoms with E-state index in [4.69, 9.17) is 0 Å². The van der Waals surface area contributed by atoms with Gasteiger partial charge in [-0.3, -0.25) is 14.4 Å². The van der Waals surface area contributed by atoms with E-state index in [0.29, 0.717) is 32.5 Å². The highest BCUT2D eigenvalue weighted by Crippen LogP contribution is 2.20. The number of piperidine rings is 1. The fraction of sp³-hybridized carbons (Fsp3) is 0.591. The number of amides is 2. The van der Waals surface area contributed by atoms with Crippen molar-refractivity contribution in [2.24, 2.45) is 5.92 Å². The molecule has 5 heteroatoms. The van der Waals surface area contributed by atoms with Crippen molar-refractivity contribution in [1.82, 2.24) is 9.80 Å². The second kappa shape index (κ2) is 9.67. The van der Waals surface area contributed by atoms with Gasteiger partial charge in [0.15, 0.2) is 0 Å². The van der Waals surface area contributed by atoms with Gasteiger partial charge in [-0.1, -0.05) is 36.8 Å². The zero-order chi connectivity index (χ0) is 19.1. The fourth-order valence-corrected chi connectivity index (χ4v) is 4.05. The first-order valence-electron chi connectivity index (χ1n) is 10.3. The summed E-state index contributed by atoms with van der Waals surface area (Å²) in [5, 5.41) is 0. The largest absolute Gasteiger partial charge is 0.340 e. The van der Waals surface area contributed by atoms with E-state index in [1.165, 1.54) is 5.56 Å². The van der Waals surface area contributed by atoms with Crippen molar-refractivity contribution >= 4 is 17.6 Å². The lowest BCUT2D eigenvalue weighted by Crippen LogP contribution is -2.47. The number of benzene rings is 1. The summed E-state index contributed by atoms with van der Waals surface area (Å²) in [6, 6.07) is 10.0. The lowest BCUT2D eigenvalue weighted by molar-refractivity contribution is -0.142. The number of hydrogen-bond donors (Lipinski definition) is 0. The van der Waals surface area contributed by atoms with Crippen molar-refractivity contribution < 1.29 is 14.4 Å². The molecule has 0 spiro atoms. The minimum Gasteiger partial charge on any atom is -0.340 e. The summed E-state index contributed by atoms with van der Waals surface area (Å²) >= 11 is 0. The van der Waals surface area contributed by atoms with Crippen molar-refractivity contribution in [2.45, 2.75) is 51.4 Å². The fourth-order valence-electron chi connectivity index (χ4n) is 4.05. The van der Waals surface area contributed by atoms with Gasteiger partial charge in [-0.15, -0.1) is 0 Å². The molecule has 1 atom stereocenters. The molecule has 0 aliphatic carbocycles. The number of ketones is 1. The van der Waals surface area contributed by atoms with Gasteiger partial charge in [-0.05, 0) is 37.7 Å². The average Bonchev–Trinajstić information content (AvgIpc) is 2.91. The molecule has 0 aromatic heterocycles. The molecule has 2 heterocycles. The molecule has 0 unspecified atom stereocenters. The third kappa shape index (κ3) is 5.65. The van der Waals surface area contributed by atoms with Crippen LogP contribution in [0.2, 0.25) is 0 Å². The van der Waals surface area contributed by atoms with E-state index in [0.717, 1.165) is 38.5 Å². The summed E-state index contributed by atoms with van der Waals surface area (Å²) in [6.07, 6.45) is 6.51. The van der Waals surface area contributed by atoms with Crippen molar-refractivity contribution in [1.29, 1.82) is 0 Å². The van der Waals surface area contributed by atoms with E-state index < -0.39 is 0 Å². The molecule has 2 amide bonds. The number of nitrogens with zero attached hydrogens (tertiary/aromatic N) is 2. The van der Waals surface area contributed by atoms with Crippen molar-refractivity contribution in [2.75, 3.05) is 26.2 Å². The summed E-state index contributed by atoms with van der Waals surface area (Å²) in [4.78, 5) is 40.9. The molecule has 1 aromatic carbocycles. The molecule has 2 fully saturated rings. The van der Waals surface area contributed by atoms with E-state index in [1.807, 2.05) is 30.3 Å². The minimum absolute atomic E-state index is 0.00851. The number of hydrogen-bond acceptors (Lipinski definition) is 3. The molecule has 0 radical (unpaired) electrons. The molecule has 2 aliphatic rings. The number of Topliss-reactive ketones (excluding diaryl/α,β-unsaturated/α-hetero) is 1. The quantitative estimate of drug-likeness (QED) is 0.774. The van der Waals surface area contributed by atoms with E-state index >= 15 is 0 Å². The Morgan fingerprint density at radius 1 is 1.00 bits per heavy atom. The van der Waals surface area contributed by atoms with E-state index in [9.17, 15) is 14.4 Å². The van der Waals surface area contributed by atoms with Gasteiger partial charge in [0.2, 0.25) is 11.8 Å². The van der Waals surface area contributed by atoms with Crippen LogP contribution in [0.3, 0.4) is 0 Å². The standard InChI is InChI=1S/C22H30N2O3/c25-20(13-12-18-8-3-1-4-9-18)19-10-7-15-23(16-19)22(27)17-24-14-6-2-5-11-21(24)26/h1,3-4,8-9,19H,2,5-7,10-17H2/t19-/m1/s1. The Morgan fingerprint density at radius 2 is 1.81 bits per heavy atom. The van der Waals surface area contributed by atoms with Crippen LogP contribution in [0, 0.1) is 5.92 Å². The van der Waals surface area contributed by atoms with E-state index in [-0.39, 0.29) is 30.1 Å². The van der Waals surface area contributed by atoms with Crippen molar-refractivity contribution in [3.8, 4) is 0 Å². The molecule has 146 valence electrons. The number of rotatable bonds is 6. The van der Waals surface area contributed by atoms with E-state index in [1.54, 1.807) is 9.80 Å². The summed E-state index contributed by atoms with van der Waals surface area (Å²) in [5.74, 6) is 0.271. The number of carbonyl (C=O) groups excluding carboxylic acids is 3. The van der Waals surface area contributed by atoms with Crippen LogP contribution < -0.4 is 0 Å². The Morgan fingerprint density at radius 3 is 2.63 bits per heavy atom. The Balaban J connectivity index is 1.49. The van der Waals surface area contributed by atoms with Crippen LogP contribution >= 0.6 is 0 Å². The van der Waals surface area contributed by atoms with Crippen molar-refractivity contribution in [3.05, 3.63) is 35.9 Å². The highest BCUT2D eigenvalue weighted by Gasteiger charge is 2.29. The summed E-state index contributed by atoms with van der Waals surface area (Å²) < 4.78 is 0. The third-order valence-electron chi connectivity index (χ3n) is 5.73. The Bertz CT molecular complexity index is 659. The van der Waals surface area contributed by atoms with Gasteiger partial charge in [-0.2, -0.15) is 0 Å². The summed E-state index contributed by atoms with van der Waals surface area (Å²) in [5.41, 5.74) is 1.18. The molecule has 2 saturated heterocycles. The second-order valence-corrected chi connectivity index (χ2v) is 7.76. The van der Waals surface area contributed by atoms with Gasteiger partial charge in [0.05, 0.1) is 6.54 Å². The molecule has 1 aromatic rings. The van der Waals surface area contributed by atoms with Gasteiger partial charge in [0, 0.05) is 38.4 Å². The minimum atomic E-state index is -0.0637. The lowest BCUT2D eigenvalue weighted by Gasteiger charge is -2.33. The molecule has 0 N–H and O–H groups in total. The van der Waals surface area contributed by atoms with Crippen molar-refractivity contribution in [3.63, 3.8) is 0 Å². The summed E-state index contributed by atoms with van der Waals surface area (Å²) in [7, 11) is 0. The van der Waals surface area contributed by atoms with Gasteiger partial charge in [0.1, 0.15) is 5.78 Å². The molecular formula is C22H30N2O3. The van der Waals surface area contributed by atoms with E-state index in [2.05, 4.69) is 0 Å². The van der Waals surface area contributed by atoms with Crippen LogP contribution in [0.25, 0.3) is 0 Å². The molecular weight excluding hydrogens is 340 g/mol. The molecule has 2 aliphatic heterocycles. The predicted molar refractivity (Wildman–Crippen MR) is 104 cm³/mol. The van der Waals surface area contributed by atoms with Crippen LogP contribution in [0.5, 0.6) is 0 Å². The topological polar surface area (TPSA) is 57.7 Å². The SMILES string of the molecule is O=C(CCc1ccccc1)[C@@H]1CCCN(C(=O)CN2CCCCCC2=O)C1. The highest BCUT2D eigenvalue weighted by molar-refractivity contribution is 5.86. The Hall–Kier alpha value is -2.17. The first-order valence-corrected chi connectivity index (χ1v) is 10.3. The first kappa shape index (κ1) is 19.6. The van der Waals surface area contributed by atoms with Crippen LogP contribution in [-0.4, -0.2) is 53.6 Å². The summed E-state index contributed by atoms with van der Waals surface area (Å²) in [6.45, 7) is 2.05. The smallest absolute Gasteiger partial charge is 0.242 e. The van der Waals surface area contributed by atoms with Gasteiger partial charge < -0.3 is 9.80 Å². The number of likely N-dealkylation sites (tertiary alicyclic amines) is 2. The van der Waals surface area contributed by atoms with Crippen LogP contribution in [-0.2, 0) is 20.8 Å². The second-order valence-electron chi connectivity index (χ2n) is 7.76. The van der Waals surface area contributed by atoms with Gasteiger partial charge in [0.25, 0.3) is 0 Å². The van der Waals surface area contributed by atoms with Gasteiger partial charge >= 0.3 is 0 Å². The molecule has 27 heavy (non-hydrogen) atoms. The average molecular weight is 370 g/mol. The normalized spacial score (nSPS) is 21.0. The lowest BCUT2D eigenvalue weighted by atomic mass is 9.90.